The number of rotatable bonds is 7. The molecular weight excluding hydrogens is 226 g/mol. The lowest BCUT2D eigenvalue weighted by atomic mass is 10.00. The van der Waals surface area contributed by atoms with Gasteiger partial charge in [-0.2, -0.15) is 0 Å². The van der Waals surface area contributed by atoms with Crippen LogP contribution in [0.1, 0.15) is 37.4 Å². The van der Waals surface area contributed by atoms with E-state index in [1.165, 1.54) is 0 Å². The van der Waals surface area contributed by atoms with Crippen LogP contribution in [0.25, 0.3) is 0 Å². The zero-order chi connectivity index (χ0) is 13.5. The molecule has 1 aromatic rings. The molecule has 0 aromatic carbocycles. The zero-order valence-corrected chi connectivity index (χ0v) is 11.6. The summed E-state index contributed by atoms with van der Waals surface area (Å²) in [6.45, 7) is 9.46. The number of nitrogen functional groups attached to an aromatic ring is 1. The van der Waals surface area contributed by atoms with Crippen LogP contribution >= 0.6 is 0 Å². The Labute approximate surface area is 110 Å². The van der Waals surface area contributed by atoms with E-state index < -0.39 is 0 Å². The van der Waals surface area contributed by atoms with Gasteiger partial charge in [0.15, 0.2) is 0 Å². The first kappa shape index (κ1) is 14.9. The van der Waals surface area contributed by atoms with E-state index in [9.17, 15) is 0 Å². The number of nitrogens with zero attached hydrogens (tertiary/aromatic N) is 2. The number of nitrogens with one attached hydrogen (secondary N) is 1. The largest absolute Gasteiger partial charge is 0.383 e. The maximum absolute atomic E-state index is 5.95. The third-order valence-electron chi connectivity index (χ3n) is 3.42. The fraction of sp³-hybridized carbons (Fsp3) is 0.615. The Morgan fingerprint density at radius 1 is 1.39 bits per heavy atom. The van der Waals surface area contributed by atoms with Gasteiger partial charge in [-0.05, 0) is 44.6 Å². The summed E-state index contributed by atoms with van der Waals surface area (Å²) < 4.78 is 0. The topological polar surface area (TPSA) is 80.2 Å². The quantitative estimate of drug-likeness (QED) is 0.501. The predicted molar refractivity (Wildman–Crippen MR) is 75.9 cm³/mol. The first-order valence-electron chi connectivity index (χ1n) is 6.53. The van der Waals surface area contributed by atoms with Crippen LogP contribution < -0.4 is 17.0 Å². The number of nitrogens with two attached hydrogens (primary N) is 2. The van der Waals surface area contributed by atoms with Crippen molar-refractivity contribution in [2.24, 2.45) is 5.84 Å². The third kappa shape index (κ3) is 3.66. The first-order chi connectivity index (χ1) is 8.63. The lowest BCUT2D eigenvalue weighted by Crippen LogP contribution is -2.33. The molecule has 1 aromatic heterocycles. The standard InChI is InChI=1S/C13H25N5/c1-4-18(5-2)9-7-11(17-15)12-10(3)6-8-16-13(12)14/h6,8,11,17H,4-5,7,9,15H2,1-3H3,(H2,14,16). The van der Waals surface area contributed by atoms with Gasteiger partial charge in [0.2, 0.25) is 0 Å². The van der Waals surface area contributed by atoms with Gasteiger partial charge in [0.05, 0.1) is 6.04 Å². The minimum Gasteiger partial charge on any atom is -0.383 e. The number of aryl methyl sites for hydroxylation is 1. The Morgan fingerprint density at radius 3 is 2.56 bits per heavy atom. The van der Waals surface area contributed by atoms with Gasteiger partial charge < -0.3 is 10.6 Å². The molecule has 0 amide bonds. The molecule has 0 radical (unpaired) electrons. The van der Waals surface area contributed by atoms with Gasteiger partial charge in [-0.25, -0.2) is 4.98 Å². The third-order valence-corrected chi connectivity index (χ3v) is 3.42. The highest BCUT2D eigenvalue weighted by atomic mass is 15.2. The van der Waals surface area contributed by atoms with E-state index in [0.717, 1.165) is 37.2 Å². The van der Waals surface area contributed by atoms with E-state index >= 15 is 0 Å². The van der Waals surface area contributed by atoms with E-state index in [1.54, 1.807) is 6.20 Å². The summed E-state index contributed by atoms with van der Waals surface area (Å²) in [5, 5.41) is 0. The molecule has 1 rings (SSSR count). The Hall–Kier alpha value is -1.17. The summed E-state index contributed by atoms with van der Waals surface area (Å²) in [5.74, 6) is 6.23. The van der Waals surface area contributed by atoms with Gasteiger partial charge >= 0.3 is 0 Å². The number of anilines is 1. The summed E-state index contributed by atoms with van der Waals surface area (Å²) in [6.07, 6.45) is 2.65. The van der Waals surface area contributed by atoms with Crippen molar-refractivity contribution in [1.82, 2.24) is 15.3 Å². The Morgan fingerprint density at radius 2 is 2.06 bits per heavy atom. The summed E-state index contributed by atoms with van der Waals surface area (Å²) in [6, 6.07) is 2.02. The molecule has 18 heavy (non-hydrogen) atoms. The molecule has 0 bridgehead atoms. The van der Waals surface area contributed by atoms with Gasteiger partial charge in [-0.1, -0.05) is 13.8 Å². The van der Waals surface area contributed by atoms with Crippen LogP contribution in [0.5, 0.6) is 0 Å². The van der Waals surface area contributed by atoms with Crippen molar-refractivity contribution < 1.29 is 0 Å². The molecule has 5 heteroatoms. The SMILES string of the molecule is CCN(CC)CCC(NN)c1c(C)ccnc1N. The smallest absolute Gasteiger partial charge is 0.128 e. The van der Waals surface area contributed by atoms with Crippen LogP contribution in [0.15, 0.2) is 12.3 Å². The fourth-order valence-electron chi connectivity index (χ4n) is 2.21. The average Bonchev–Trinajstić information content (AvgIpc) is 2.37. The van der Waals surface area contributed by atoms with Crippen LogP contribution in [-0.4, -0.2) is 29.5 Å². The molecule has 0 saturated heterocycles. The molecule has 0 aliphatic rings. The lowest BCUT2D eigenvalue weighted by Gasteiger charge is -2.24. The van der Waals surface area contributed by atoms with Gasteiger partial charge in [0.1, 0.15) is 5.82 Å². The van der Waals surface area contributed by atoms with E-state index in [0.29, 0.717) is 5.82 Å². The fourth-order valence-corrected chi connectivity index (χ4v) is 2.21. The zero-order valence-electron chi connectivity index (χ0n) is 11.6. The highest BCUT2D eigenvalue weighted by Crippen LogP contribution is 2.24. The van der Waals surface area contributed by atoms with Crippen LogP contribution in [0.2, 0.25) is 0 Å². The molecule has 1 heterocycles. The van der Waals surface area contributed by atoms with Crippen molar-refractivity contribution in [2.75, 3.05) is 25.4 Å². The second-order valence-electron chi connectivity index (χ2n) is 4.46. The molecule has 1 atom stereocenters. The summed E-state index contributed by atoms with van der Waals surface area (Å²) >= 11 is 0. The van der Waals surface area contributed by atoms with Crippen molar-refractivity contribution in [2.45, 2.75) is 33.2 Å². The maximum Gasteiger partial charge on any atom is 0.128 e. The first-order valence-corrected chi connectivity index (χ1v) is 6.53. The van der Waals surface area contributed by atoms with Crippen molar-refractivity contribution in [1.29, 1.82) is 0 Å². The van der Waals surface area contributed by atoms with E-state index in [1.807, 2.05) is 13.0 Å². The average molecular weight is 251 g/mol. The number of hydrogen-bond acceptors (Lipinski definition) is 5. The Bertz CT molecular complexity index is 342. The second-order valence-corrected chi connectivity index (χ2v) is 4.46. The number of aromatic nitrogens is 1. The molecule has 5 nitrogen and oxygen atoms in total. The molecule has 5 N–H and O–H groups in total. The lowest BCUT2D eigenvalue weighted by molar-refractivity contribution is 0.282. The van der Waals surface area contributed by atoms with Gasteiger partial charge in [-0.15, -0.1) is 0 Å². The maximum atomic E-state index is 5.95. The van der Waals surface area contributed by atoms with Crippen molar-refractivity contribution >= 4 is 5.82 Å². The van der Waals surface area contributed by atoms with Crippen LogP contribution in [0.4, 0.5) is 5.82 Å². The van der Waals surface area contributed by atoms with Crippen LogP contribution in [-0.2, 0) is 0 Å². The predicted octanol–water partition coefficient (Wildman–Crippen LogP) is 1.21. The van der Waals surface area contributed by atoms with E-state index in [4.69, 9.17) is 11.6 Å². The number of hydrazine groups is 1. The van der Waals surface area contributed by atoms with Crippen LogP contribution in [0.3, 0.4) is 0 Å². The Balaban J connectivity index is 2.77. The molecule has 0 saturated carbocycles. The van der Waals surface area contributed by atoms with Gasteiger partial charge in [0.25, 0.3) is 0 Å². The van der Waals surface area contributed by atoms with Crippen molar-refractivity contribution in [3.63, 3.8) is 0 Å². The molecule has 1 unspecified atom stereocenters. The monoisotopic (exact) mass is 251 g/mol. The minimum absolute atomic E-state index is 0.0549. The highest BCUT2D eigenvalue weighted by Gasteiger charge is 2.16. The summed E-state index contributed by atoms with van der Waals surface area (Å²) in [4.78, 5) is 6.51. The van der Waals surface area contributed by atoms with E-state index in [-0.39, 0.29) is 6.04 Å². The highest BCUT2D eigenvalue weighted by molar-refractivity contribution is 5.46. The number of pyridine rings is 1. The second kappa shape index (κ2) is 7.31. The minimum atomic E-state index is 0.0549. The number of hydrogen-bond donors (Lipinski definition) is 3. The van der Waals surface area contributed by atoms with Crippen molar-refractivity contribution in [3.05, 3.63) is 23.4 Å². The molecular formula is C13H25N5. The van der Waals surface area contributed by atoms with Gasteiger partial charge in [0, 0.05) is 11.8 Å². The molecule has 0 fully saturated rings. The molecule has 0 aliphatic carbocycles. The Kier molecular flexibility index (Phi) is 6.04. The normalized spacial score (nSPS) is 12.9. The molecule has 0 aliphatic heterocycles. The summed E-state index contributed by atoms with van der Waals surface area (Å²) in [7, 11) is 0. The van der Waals surface area contributed by atoms with E-state index in [2.05, 4.69) is 29.2 Å². The van der Waals surface area contributed by atoms with Gasteiger partial charge in [-0.3, -0.25) is 11.3 Å². The summed E-state index contributed by atoms with van der Waals surface area (Å²) in [5.41, 5.74) is 11.0. The van der Waals surface area contributed by atoms with Crippen molar-refractivity contribution in [3.8, 4) is 0 Å². The molecule has 0 spiro atoms. The van der Waals surface area contributed by atoms with Crippen LogP contribution in [0, 0.1) is 6.92 Å². The molecule has 102 valence electrons.